The molecule has 9 aromatic rings. The first-order valence-corrected chi connectivity index (χ1v) is 20.3. The molecule has 0 amide bonds. The minimum Gasteiger partial charge on any atom is -0.480 e. The number of benzene rings is 5. The van der Waals surface area contributed by atoms with Crippen molar-refractivity contribution in [2.75, 3.05) is 6.54 Å². The number of aromatic amines is 1. The largest absolute Gasteiger partial charge is 0.480 e. The first-order valence-electron chi connectivity index (χ1n) is 17.6. The second-order valence-electron chi connectivity index (χ2n) is 12.8. The van der Waals surface area contributed by atoms with Crippen molar-refractivity contribution < 1.29 is 9.90 Å². The molecule has 0 radical (unpaired) electrons. The van der Waals surface area contributed by atoms with Gasteiger partial charge < -0.3 is 15.4 Å². The molecule has 55 heavy (non-hydrogen) atoms. The Morgan fingerprint density at radius 2 is 1.51 bits per heavy atom. The third-order valence-corrected chi connectivity index (χ3v) is 10.9. The standard InChI is InChI=1S/C19H12BrN3.C13H8N3.C6H4BrI.C5H9NO2/c20-13-6-5-7-14(12-13)22-17-10-3-4-11-18(17)23-16-9-2-1-8-15(16)21-19(22)23;1-3-7-11-9(5-1)14-13-15-10-6-2-4-8-12(10)16(11)13;7-5-2-1-3-6(8)4-5;7-5(8)4-2-1-3-6-4/h1-12H;1,3-8H,(H,14,15);1-4H;4,6H,1-3H2,(H,7,8)/q;+1;;. The highest BCUT2D eigenvalue weighted by atomic mass is 127. The zero-order valence-electron chi connectivity index (χ0n) is 29.2. The lowest BCUT2D eigenvalue weighted by atomic mass is 10.2. The maximum absolute atomic E-state index is 10.1. The number of allylic oxidation sites excluding steroid dienone is 2. The molecular weight excluding hydrogens is 933 g/mol. The summed E-state index contributed by atoms with van der Waals surface area (Å²) < 4.78 is 10.0. The van der Waals surface area contributed by atoms with Crippen LogP contribution in [-0.4, -0.2) is 52.0 Å². The van der Waals surface area contributed by atoms with E-state index in [9.17, 15) is 4.79 Å². The van der Waals surface area contributed by atoms with E-state index >= 15 is 0 Å². The molecule has 1 aliphatic heterocycles. The number of carbonyl (C=O) groups is 1. The van der Waals surface area contributed by atoms with E-state index in [-0.39, 0.29) is 6.04 Å². The van der Waals surface area contributed by atoms with Gasteiger partial charge in [-0.3, -0.25) is 18.2 Å². The second kappa shape index (κ2) is 16.3. The van der Waals surface area contributed by atoms with E-state index in [1.807, 2.05) is 60.7 Å². The highest BCUT2D eigenvalue weighted by molar-refractivity contribution is 14.1. The van der Waals surface area contributed by atoms with Crippen LogP contribution < -0.4 is 5.32 Å². The number of para-hydroxylation sites is 6. The Kier molecular flexibility index (Phi) is 10.9. The summed E-state index contributed by atoms with van der Waals surface area (Å²) in [6, 6.07) is 41.1. The third kappa shape index (κ3) is 7.73. The predicted molar refractivity (Wildman–Crippen MR) is 237 cm³/mol. The summed E-state index contributed by atoms with van der Waals surface area (Å²) in [5, 5.41) is 11.2. The average Bonchev–Trinajstić information content (AvgIpc) is 4.02. The summed E-state index contributed by atoms with van der Waals surface area (Å²) in [7, 11) is 0. The molecule has 3 N–H and O–H groups in total. The second-order valence-corrected chi connectivity index (χ2v) is 15.9. The van der Waals surface area contributed by atoms with E-state index in [1.165, 1.54) is 3.57 Å². The molecule has 12 heteroatoms. The summed E-state index contributed by atoms with van der Waals surface area (Å²) in [5.74, 6) is 1.10. The number of carboxylic acid groups (broad SMARTS) is 1. The summed E-state index contributed by atoms with van der Waals surface area (Å²) in [6.07, 6.45) is 10.7. The van der Waals surface area contributed by atoms with Gasteiger partial charge in [-0.1, -0.05) is 80.4 Å². The van der Waals surface area contributed by atoms with Crippen LogP contribution in [0.3, 0.4) is 0 Å². The molecule has 1 atom stereocenters. The van der Waals surface area contributed by atoms with Gasteiger partial charge in [0, 0.05) is 18.6 Å². The molecule has 272 valence electrons. The van der Waals surface area contributed by atoms with Gasteiger partial charge in [-0.25, -0.2) is 4.98 Å². The average molecular weight is 966 g/mol. The number of nitrogens with zero attached hydrogens (tertiary/aromatic N) is 5. The number of halogens is 3. The molecule has 0 spiro atoms. The summed E-state index contributed by atoms with van der Waals surface area (Å²) in [4.78, 5) is 22.8. The van der Waals surface area contributed by atoms with Crippen LogP contribution in [0.2, 0.25) is 0 Å². The molecule has 5 heterocycles. The zero-order valence-corrected chi connectivity index (χ0v) is 34.5. The van der Waals surface area contributed by atoms with Gasteiger partial charge >= 0.3 is 5.97 Å². The molecule has 9 nitrogen and oxygen atoms in total. The molecule has 1 unspecified atom stereocenters. The van der Waals surface area contributed by atoms with Crippen LogP contribution in [0.5, 0.6) is 0 Å². The molecule has 2 aliphatic rings. The van der Waals surface area contributed by atoms with E-state index in [0.29, 0.717) is 0 Å². The molecule has 4 aromatic heterocycles. The molecule has 1 fully saturated rings. The number of rotatable bonds is 2. The van der Waals surface area contributed by atoms with Gasteiger partial charge in [-0.15, -0.1) is 4.98 Å². The Morgan fingerprint density at radius 3 is 2.20 bits per heavy atom. The van der Waals surface area contributed by atoms with E-state index < -0.39 is 5.97 Å². The first-order chi connectivity index (χ1) is 26.9. The predicted octanol–water partition coefficient (Wildman–Crippen LogP) is 10.7. The first kappa shape index (κ1) is 36.8. The Hall–Kier alpha value is -5.11. The number of hydrogen-bond acceptors (Lipinski definition) is 4. The number of hydrogen-bond donors (Lipinski definition) is 3. The van der Waals surface area contributed by atoms with Gasteiger partial charge in [0.25, 0.3) is 0 Å². The third-order valence-electron chi connectivity index (χ3n) is 9.21. The van der Waals surface area contributed by atoms with Crippen LogP contribution >= 0.6 is 54.5 Å². The number of imidazole rings is 4. The SMILES string of the molecule is Brc1cccc(-n2c3ccccc3n3c4ccccc4nc23)c1.Brc1cccc(I)c1.O=C(O)C1CCCN1.[C+]1=Cc2nc3[nH]c4ccccc4n3c2C=C1. The maximum atomic E-state index is 10.1. The molecule has 0 bridgehead atoms. The Labute approximate surface area is 346 Å². The minimum atomic E-state index is -0.720. The molecular formula is C43H33Br2IN7O2+. The lowest BCUT2D eigenvalue weighted by Crippen LogP contribution is -2.29. The van der Waals surface area contributed by atoms with E-state index in [0.717, 1.165) is 90.1 Å². The van der Waals surface area contributed by atoms with E-state index in [4.69, 9.17) is 10.1 Å². The number of H-pyrrole nitrogens is 1. The van der Waals surface area contributed by atoms with Crippen molar-refractivity contribution in [2.45, 2.75) is 18.9 Å². The summed E-state index contributed by atoms with van der Waals surface area (Å²) in [6.45, 7) is 0.858. The lowest BCUT2D eigenvalue weighted by Gasteiger charge is -2.05. The maximum Gasteiger partial charge on any atom is 0.320 e. The van der Waals surface area contributed by atoms with Crippen molar-refractivity contribution in [1.82, 2.24) is 33.6 Å². The number of nitrogens with one attached hydrogen (secondary N) is 2. The van der Waals surface area contributed by atoms with Crippen LogP contribution in [-0.2, 0) is 4.79 Å². The fraction of sp³-hybridized carbons (Fsp3) is 0.0930. The fourth-order valence-electron chi connectivity index (χ4n) is 6.77. The quantitative estimate of drug-likeness (QED) is 0.118. The lowest BCUT2D eigenvalue weighted by molar-refractivity contribution is -0.139. The van der Waals surface area contributed by atoms with Crippen LogP contribution in [0.1, 0.15) is 24.2 Å². The highest BCUT2D eigenvalue weighted by Crippen LogP contribution is 2.30. The van der Waals surface area contributed by atoms with Gasteiger partial charge in [-0.05, 0) is 115 Å². The zero-order chi connectivity index (χ0) is 37.9. The van der Waals surface area contributed by atoms with Gasteiger partial charge in [0.2, 0.25) is 17.2 Å². The van der Waals surface area contributed by atoms with E-state index in [1.54, 1.807) is 0 Å². The van der Waals surface area contributed by atoms with Crippen LogP contribution in [0, 0.1) is 9.65 Å². The van der Waals surface area contributed by atoms with Crippen LogP contribution in [0.25, 0.3) is 62.5 Å². The summed E-state index contributed by atoms with van der Waals surface area (Å²) in [5.41, 5.74) is 9.91. The van der Waals surface area contributed by atoms with Gasteiger partial charge in [0.05, 0.1) is 44.9 Å². The van der Waals surface area contributed by atoms with Crippen molar-refractivity contribution in [1.29, 1.82) is 0 Å². The monoisotopic (exact) mass is 964 g/mol. The summed E-state index contributed by atoms with van der Waals surface area (Å²) >= 11 is 9.20. The Morgan fingerprint density at radius 1 is 0.800 bits per heavy atom. The molecule has 5 aromatic carbocycles. The van der Waals surface area contributed by atoms with Crippen molar-refractivity contribution in [3.63, 3.8) is 0 Å². The smallest absolute Gasteiger partial charge is 0.320 e. The van der Waals surface area contributed by atoms with Gasteiger partial charge in [-0.2, -0.15) is 0 Å². The van der Waals surface area contributed by atoms with Crippen molar-refractivity contribution in [3.8, 4) is 5.69 Å². The molecule has 11 rings (SSSR count). The Balaban J connectivity index is 0.000000115. The topological polar surface area (TPSA) is 105 Å². The number of carboxylic acids is 1. The normalized spacial score (nSPS) is 14.2. The number of fused-ring (bicyclic) bond motifs is 10. The molecule has 1 aliphatic carbocycles. The minimum absolute atomic E-state index is 0.269. The molecule has 1 saturated heterocycles. The number of aromatic nitrogens is 6. The highest BCUT2D eigenvalue weighted by Gasteiger charge is 2.21. The van der Waals surface area contributed by atoms with E-state index in [2.05, 4.69) is 168 Å². The van der Waals surface area contributed by atoms with Crippen LogP contribution in [0.4, 0.5) is 0 Å². The van der Waals surface area contributed by atoms with Gasteiger partial charge in [0.1, 0.15) is 18.2 Å². The van der Waals surface area contributed by atoms with Gasteiger partial charge in [0.15, 0.2) is 5.69 Å². The Bertz CT molecular complexity index is 2860. The number of aliphatic carboxylic acids is 1. The van der Waals surface area contributed by atoms with Crippen molar-refractivity contribution >= 4 is 117 Å². The van der Waals surface area contributed by atoms with Crippen molar-refractivity contribution in [2.24, 2.45) is 0 Å². The molecule has 0 saturated carbocycles. The van der Waals surface area contributed by atoms with Crippen molar-refractivity contribution in [3.05, 3.63) is 157 Å². The fourth-order valence-corrected chi connectivity index (χ4v) is 8.53. The van der Waals surface area contributed by atoms with Crippen LogP contribution in [0.15, 0.2) is 136 Å².